The lowest BCUT2D eigenvalue weighted by Crippen LogP contribution is -2.74. The largest absolute Gasteiger partial charge is 0.460 e. The van der Waals surface area contributed by atoms with E-state index >= 15 is 0 Å². The average Bonchev–Trinajstić information content (AvgIpc) is 2.69. The maximum absolute atomic E-state index is 13.5. The minimum atomic E-state index is -8.55. The zero-order valence-corrected chi connectivity index (χ0v) is 15.6. The first-order valence-electron chi connectivity index (χ1n) is 7.83. The van der Waals surface area contributed by atoms with Crippen LogP contribution in [0.15, 0.2) is 12.7 Å². The van der Waals surface area contributed by atoms with E-state index in [9.17, 15) is 75.0 Å². The van der Waals surface area contributed by atoms with Crippen LogP contribution < -0.4 is 0 Å². The molecule has 0 saturated carbocycles. The number of esters is 1. The van der Waals surface area contributed by atoms with E-state index < -0.39 is 73.4 Å². The Balaban J connectivity index is 6.11. The fourth-order valence-corrected chi connectivity index (χ4v) is 1.70. The predicted molar refractivity (Wildman–Crippen MR) is 73.7 cm³/mol. The number of alkyl halides is 16. The van der Waals surface area contributed by atoms with Gasteiger partial charge in [-0.3, -0.25) is 0 Å². The molecule has 202 valence electrons. The van der Waals surface area contributed by atoms with E-state index in [-0.39, 0.29) is 0 Å². The third-order valence-electron chi connectivity index (χ3n) is 3.68. The molecule has 0 aliphatic carbocycles. The molecule has 1 unspecified atom stereocenters. The molecule has 0 aliphatic rings. The highest BCUT2D eigenvalue weighted by molar-refractivity contribution is 5.81. The third-order valence-corrected chi connectivity index (χ3v) is 3.68. The number of carbonyl (C=O) groups excluding carboxylic acids is 1. The molecule has 20 heteroatoms. The second-order valence-corrected chi connectivity index (χ2v) is 6.11. The summed E-state index contributed by atoms with van der Waals surface area (Å²) in [5, 5.41) is 9.04. The summed E-state index contributed by atoms with van der Waals surface area (Å²) in [7, 11) is 0. The molecule has 1 N–H and O–H groups in total. The number of aliphatic hydroxyl groups excluding tert-OH is 1. The van der Waals surface area contributed by atoms with Crippen LogP contribution >= 0.6 is 0 Å². The van der Waals surface area contributed by atoms with Crippen molar-refractivity contribution in [3.63, 3.8) is 0 Å². The van der Waals surface area contributed by atoms with Gasteiger partial charge in [0.05, 0.1) is 6.61 Å². The second kappa shape index (κ2) is 9.57. The molecule has 0 heterocycles. The van der Waals surface area contributed by atoms with Gasteiger partial charge in [-0.2, -0.15) is 61.5 Å². The first kappa shape index (κ1) is 32.0. The van der Waals surface area contributed by atoms with E-state index in [2.05, 4.69) is 16.1 Å². The molecule has 34 heavy (non-hydrogen) atoms. The molecule has 0 aromatic carbocycles. The average molecular weight is 546 g/mol. The summed E-state index contributed by atoms with van der Waals surface area (Å²) in [6.45, 7) is -0.866. The van der Waals surface area contributed by atoms with E-state index in [0.29, 0.717) is 6.08 Å². The smallest absolute Gasteiger partial charge is 0.426 e. The van der Waals surface area contributed by atoms with Crippen LogP contribution in [0.1, 0.15) is 0 Å². The Morgan fingerprint density at radius 3 is 1.50 bits per heavy atom. The molecule has 0 radical (unpaired) electrons. The number of rotatable bonds is 13. The second-order valence-electron chi connectivity index (χ2n) is 6.11. The molecule has 0 rings (SSSR count). The lowest BCUT2D eigenvalue weighted by Gasteiger charge is -2.42. The highest BCUT2D eigenvalue weighted by Gasteiger charge is 2.94. The van der Waals surface area contributed by atoms with Crippen LogP contribution in [0.2, 0.25) is 0 Å². The summed E-state index contributed by atoms with van der Waals surface area (Å²) in [6.07, 6.45) is -15.1. The lowest BCUT2D eigenvalue weighted by molar-refractivity contribution is -0.470. The van der Waals surface area contributed by atoms with Crippen molar-refractivity contribution in [1.29, 1.82) is 0 Å². The van der Waals surface area contributed by atoms with E-state index in [1.54, 1.807) is 0 Å². The molecule has 0 aliphatic heterocycles. The van der Waals surface area contributed by atoms with Gasteiger partial charge < -0.3 is 14.6 Å². The number of halogens is 16. The highest BCUT2D eigenvalue weighted by Crippen LogP contribution is 2.62. The standard InChI is InChI=1S/C14H10F16O4/c1-2-6(32)33-3-5(31)4-34-14(29,30)13(27,28)12(25,26)11(23,24)10(21,22)9(19,20)8(17,18)7(15)16/h2,5,7,31H,1,3-4H2. The Hall–Kier alpha value is -1.99. The molecule has 0 saturated heterocycles. The van der Waals surface area contributed by atoms with Crippen molar-refractivity contribution < 1.29 is 89.6 Å². The van der Waals surface area contributed by atoms with Crippen molar-refractivity contribution >= 4 is 5.97 Å². The van der Waals surface area contributed by atoms with E-state index in [1.807, 2.05) is 0 Å². The molecule has 1 atom stereocenters. The van der Waals surface area contributed by atoms with Crippen molar-refractivity contribution in [3.8, 4) is 0 Å². The molecule has 0 spiro atoms. The molecule has 0 fully saturated rings. The van der Waals surface area contributed by atoms with Crippen molar-refractivity contribution in [2.45, 2.75) is 54.2 Å². The molecule has 0 bridgehead atoms. The van der Waals surface area contributed by atoms with Gasteiger partial charge in [0.1, 0.15) is 12.7 Å². The summed E-state index contributed by atoms with van der Waals surface area (Å²) < 4.78 is 216. The van der Waals surface area contributed by atoms with Crippen molar-refractivity contribution in [3.05, 3.63) is 12.7 Å². The number of hydrogen-bond donors (Lipinski definition) is 1. The summed E-state index contributed by atoms with van der Waals surface area (Å²) in [4.78, 5) is 10.6. The van der Waals surface area contributed by atoms with E-state index in [1.165, 1.54) is 0 Å². The van der Waals surface area contributed by atoms with Crippen LogP contribution in [-0.2, 0) is 14.3 Å². The summed E-state index contributed by atoms with van der Waals surface area (Å²) in [6, 6.07) is 0. The Morgan fingerprint density at radius 2 is 1.12 bits per heavy atom. The van der Waals surface area contributed by atoms with E-state index in [4.69, 9.17) is 5.11 Å². The zero-order valence-electron chi connectivity index (χ0n) is 15.6. The summed E-state index contributed by atoms with van der Waals surface area (Å²) >= 11 is 0. The molecular weight excluding hydrogens is 536 g/mol. The van der Waals surface area contributed by atoms with Gasteiger partial charge in [0, 0.05) is 6.08 Å². The van der Waals surface area contributed by atoms with Crippen molar-refractivity contribution in [2.24, 2.45) is 0 Å². The quantitative estimate of drug-likeness (QED) is 0.206. The van der Waals surface area contributed by atoms with Gasteiger partial charge in [0.2, 0.25) is 0 Å². The van der Waals surface area contributed by atoms with Crippen LogP contribution in [-0.4, -0.2) is 78.5 Å². The number of ether oxygens (including phenoxy) is 2. The topological polar surface area (TPSA) is 55.8 Å². The molecule has 0 aromatic heterocycles. The van der Waals surface area contributed by atoms with Crippen LogP contribution in [0.5, 0.6) is 0 Å². The monoisotopic (exact) mass is 546 g/mol. The predicted octanol–water partition coefficient (Wildman–Crippen LogP) is 4.76. The summed E-state index contributed by atoms with van der Waals surface area (Å²) in [5.41, 5.74) is 0. The van der Waals surface area contributed by atoms with Crippen molar-refractivity contribution in [2.75, 3.05) is 13.2 Å². The fourth-order valence-electron chi connectivity index (χ4n) is 1.70. The zero-order chi connectivity index (χ0) is 27.8. The van der Waals surface area contributed by atoms with Crippen LogP contribution in [0.4, 0.5) is 70.2 Å². The van der Waals surface area contributed by atoms with Crippen LogP contribution in [0.3, 0.4) is 0 Å². The molecular formula is C14H10F16O4. The first-order valence-corrected chi connectivity index (χ1v) is 7.83. The Labute approximate surface area is 177 Å². The van der Waals surface area contributed by atoms with Gasteiger partial charge >= 0.3 is 54.0 Å². The lowest BCUT2D eigenvalue weighted by atomic mass is 9.91. The third kappa shape index (κ3) is 5.01. The minimum Gasteiger partial charge on any atom is -0.460 e. The number of carbonyl (C=O) groups is 1. The van der Waals surface area contributed by atoms with Crippen LogP contribution in [0.25, 0.3) is 0 Å². The molecule has 0 aromatic rings. The van der Waals surface area contributed by atoms with Gasteiger partial charge in [0.15, 0.2) is 0 Å². The minimum absolute atomic E-state index is 0.409. The Kier molecular flexibility index (Phi) is 9.01. The SMILES string of the molecule is C=CC(=O)OCC(O)COC(F)(F)C(F)(F)C(F)(F)C(F)(F)C(F)(F)C(F)(F)C(F)(F)C(F)F. The van der Waals surface area contributed by atoms with Gasteiger partial charge in [0.25, 0.3) is 0 Å². The maximum atomic E-state index is 13.5. The van der Waals surface area contributed by atoms with Gasteiger partial charge in [-0.1, -0.05) is 6.58 Å². The fraction of sp³-hybridized carbons (Fsp3) is 0.786. The summed E-state index contributed by atoms with van der Waals surface area (Å²) in [5.74, 6) is -50.4. The highest BCUT2D eigenvalue weighted by atomic mass is 19.4. The van der Waals surface area contributed by atoms with Gasteiger partial charge in [-0.05, 0) is 0 Å². The molecule has 4 nitrogen and oxygen atoms in total. The maximum Gasteiger partial charge on any atom is 0.426 e. The first-order chi connectivity index (χ1) is 14.8. The molecule has 0 amide bonds. The van der Waals surface area contributed by atoms with Crippen LogP contribution in [0, 0.1) is 0 Å². The number of hydrogen-bond acceptors (Lipinski definition) is 4. The van der Waals surface area contributed by atoms with Crippen molar-refractivity contribution in [1.82, 2.24) is 0 Å². The van der Waals surface area contributed by atoms with E-state index in [0.717, 1.165) is 0 Å². The number of aliphatic hydroxyl groups is 1. The normalized spacial score (nSPS) is 15.9. The Bertz CT molecular complexity index is 735. The Morgan fingerprint density at radius 1 is 0.735 bits per heavy atom. The van der Waals surface area contributed by atoms with Gasteiger partial charge in [-0.25, -0.2) is 13.6 Å². The van der Waals surface area contributed by atoms with Gasteiger partial charge in [-0.15, -0.1) is 0 Å².